The van der Waals surface area contributed by atoms with Crippen molar-refractivity contribution in [1.29, 1.82) is 0 Å². The Bertz CT molecular complexity index is 576. The Hall–Kier alpha value is -2.00. The first-order valence-electron chi connectivity index (χ1n) is 5.29. The summed E-state index contributed by atoms with van der Waals surface area (Å²) in [6.07, 6.45) is 0. The van der Waals surface area contributed by atoms with E-state index in [4.69, 9.17) is 11.6 Å². The van der Waals surface area contributed by atoms with Crippen molar-refractivity contribution in [1.82, 2.24) is 0 Å². The van der Waals surface area contributed by atoms with Crippen LogP contribution < -0.4 is 0 Å². The Balaban J connectivity index is 2.46. The highest BCUT2D eigenvalue weighted by Gasteiger charge is 2.11. The minimum absolute atomic E-state index is 0.195. The monoisotopic (exact) mass is 262 g/mol. The van der Waals surface area contributed by atoms with Crippen molar-refractivity contribution in [3.63, 3.8) is 0 Å². The van der Waals surface area contributed by atoms with E-state index in [9.17, 15) is 9.90 Å². The molecule has 18 heavy (non-hydrogen) atoms. The number of hydrogen-bond donors (Lipinski definition) is 1. The maximum Gasteiger partial charge on any atom is 0.339 e. The molecular formula is C14H11ClO3. The summed E-state index contributed by atoms with van der Waals surface area (Å²) < 4.78 is 4.66. The zero-order chi connectivity index (χ0) is 13.1. The van der Waals surface area contributed by atoms with Gasteiger partial charge in [0.15, 0.2) is 0 Å². The van der Waals surface area contributed by atoms with Crippen LogP contribution in [0.1, 0.15) is 10.4 Å². The van der Waals surface area contributed by atoms with Gasteiger partial charge in [-0.3, -0.25) is 0 Å². The molecule has 0 fully saturated rings. The predicted molar refractivity (Wildman–Crippen MR) is 69.9 cm³/mol. The second-order valence-electron chi connectivity index (χ2n) is 3.73. The highest BCUT2D eigenvalue weighted by molar-refractivity contribution is 6.33. The number of carbonyl (C=O) groups excluding carboxylic acids is 1. The Kier molecular flexibility index (Phi) is 3.53. The van der Waals surface area contributed by atoms with Gasteiger partial charge in [0.2, 0.25) is 0 Å². The Labute approximate surface area is 110 Å². The fraction of sp³-hybridized carbons (Fsp3) is 0.0714. The highest BCUT2D eigenvalue weighted by atomic mass is 35.5. The molecule has 0 bridgehead atoms. The van der Waals surface area contributed by atoms with Crippen molar-refractivity contribution >= 4 is 17.6 Å². The number of ether oxygens (including phenoxy) is 1. The number of phenolic OH excluding ortho intramolecular Hbond substituents is 1. The third-order valence-electron chi connectivity index (χ3n) is 2.57. The molecule has 0 spiro atoms. The number of methoxy groups -OCH3 is 1. The average Bonchev–Trinajstić information content (AvgIpc) is 2.39. The van der Waals surface area contributed by atoms with Gasteiger partial charge in [-0.25, -0.2) is 4.79 Å². The molecule has 0 amide bonds. The van der Waals surface area contributed by atoms with Crippen LogP contribution in [-0.4, -0.2) is 18.2 Å². The molecule has 0 saturated heterocycles. The third kappa shape index (κ3) is 2.46. The van der Waals surface area contributed by atoms with Crippen molar-refractivity contribution in [2.24, 2.45) is 0 Å². The molecule has 0 atom stereocenters. The molecule has 0 aliphatic rings. The first-order chi connectivity index (χ1) is 8.61. The van der Waals surface area contributed by atoms with E-state index in [1.165, 1.54) is 7.11 Å². The van der Waals surface area contributed by atoms with Crippen molar-refractivity contribution in [2.45, 2.75) is 0 Å². The molecule has 0 aliphatic carbocycles. The van der Waals surface area contributed by atoms with E-state index in [-0.39, 0.29) is 5.75 Å². The normalized spacial score (nSPS) is 10.1. The summed E-state index contributed by atoms with van der Waals surface area (Å²) in [4.78, 5) is 11.5. The minimum Gasteiger partial charge on any atom is -0.508 e. The molecule has 2 aromatic carbocycles. The minimum atomic E-state index is -0.472. The van der Waals surface area contributed by atoms with Crippen molar-refractivity contribution in [3.8, 4) is 16.9 Å². The molecule has 0 aliphatic heterocycles. The Morgan fingerprint density at radius 2 is 1.72 bits per heavy atom. The second-order valence-corrected chi connectivity index (χ2v) is 4.14. The summed E-state index contributed by atoms with van der Waals surface area (Å²) in [6.45, 7) is 0. The molecule has 0 saturated carbocycles. The average molecular weight is 263 g/mol. The van der Waals surface area contributed by atoms with Gasteiger partial charge in [0.25, 0.3) is 0 Å². The molecule has 92 valence electrons. The number of phenols is 1. The lowest BCUT2D eigenvalue weighted by atomic mass is 10.0. The van der Waals surface area contributed by atoms with E-state index in [0.717, 1.165) is 11.1 Å². The summed E-state index contributed by atoms with van der Waals surface area (Å²) in [5.41, 5.74) is 2.04. The second kappa shape index (κ2) is 5.10. The molecule has 0 radical (unpaired) electrons. The number of benzene rings is 2. The highest BCUT2D eigenvalue weighted by Crippen LogP contribution is 2.26. The van der Waals surface area contributed by atoms with Gasteiger partial charge < -0.3 is 9.84 Å². The molecule has 2 aromatic rings. The van der Waals surface area contributed by atoms with Gasteiger partial charge >= 0.3 is 5.97 Å². The maximum absolute atomic E-state index is 11.5. The topological polar surface area (TPSA) is 46.5 Å². The standard InChI is InChI=1S/C14H11ClO3/c1-18-14(17)12-8-10(4-7-13(12)15)9-2-5-11(16)6-3-9/h2-8,16H,1H3. The van der Waals surface area contributed by atoms with Crippen LogP contribution in [-0.2, 0) is 4.74 Å². The fourth-order valence-corrected chi connectivity index (χ4v) is 1.82. The van der Waals surface area contributed by atoms with Crippen molar-refractivity contribution in [2.75, 3.05) is 7.11 Å². The SMILES string of the molecule is COC(=O)c1cc(-c2ccc(O)cc2)ccc1Cl. The lowest BCUT2D eigenvalue weighted by Gasteiger charge is -2.06. The molecule has 2 rings (SSSR count). The number of carbonyl (C=O) groups is 1. The molecule has 1 N–H and O–H groups in total. The van der Waals surface area contributed by atoms with E-state index in [2.05, 4.69) is 4.74 Å². The Morgan fingerprint density at radius 3 is 2.33 bits per heavy atom. The van der Waals surface area contributed by atoms with E-state index in [0.29, 0.717) is 10.6 Å². The molecule has 0 heterocycles. The Morgan fingerprint density at radius 1 is 1.11 bits per heavy atom. The molecule has 0 aromatic heterocycles. The van der Waals surface area contributed by atoms with Crippen LogP contribution >= 0.6 is 11.6 Å². The molecular weight excluding hydrogens is 252 g/mol. The smallest absolute Gasteiger partial charge is 0.339 e. The van der Waals surface area contributed by atoms with Crippen LogP contribution in [0, 0.1) is 0 Å². The largest absolute Gasteiger partial charge is 0.508 e. The van der Waals surface area contributed by atoms with E-state index in [1.807, 2.05) is 0 Å². The van der Waals surface area contributed by atoms with Gasteiger partial charge in [-0.15, -0.1) is 0 Å². The summed E-state index contributed by atoms with van der Waals surface area (Å²) in [6, 6.07) is 11.8. The van der Waals surface area contributed by atoms with Crippen molar-refractivity contribution < 1.29 is 14.6 Å². The first kappa shape index (κ1) is 12.5. The van der Waals surface area contributed by atoms with E-state index < -0.39 is 5.97 Å². The van der Waals surface area contributed by atoms with Gasteiger partial charge in [-0.1, -0.05) is 29.8 Å². The predicted octanol–water partition coefficient (Wildman–Crippen LogP) is 3.50. The van der Waals surface area contributed by atoms with Gasteiger partial charge in [-0.2, -0.15) is 0 Å². The van der Waals surface area contributed by atoms with Crippen LogP contribution in [0.4, 0.5) is 0 Å². The van der Waals surface area contributed by atoms with Gasteiger partial charge in [0, 0.05) is 0 Å². The molecule has 0 unspecified atom stereocenters. The number of rotatable bonds is 2. The number of esters is 1. The van der Waals surface area contributed by atoms with Gasteiger partial charge in [-0.05, 0) is 35.4 Å². The summed E-state index contributed by atoms with van der Waals surface area (Å²) in [5, 5.41) is 9.58. The third-order valence-corrected chi connectivity index (χ3v) is 2.90. The van der Waals surface area contributed by atoms with Crippen LogP contribution in [0.15, 0.2) is 42.5 Å². The number of halogens is 1. The van der Waals surface area contributed by atoms with Gasteiger partial charge in [0.05, 0.1) is 17.7 Å². The zero-order valence-corrected chi connectivity index (χ0v) is 10.4. The number of aromatic hydroxyl groups is 1. The van der Waals surface area contributed by atoms with E-state index >= 15 is 0 Å². The lowest BCUT2D eigenvalue weighted by molar-refractivity contribution is 0.0601. The first-order valence-corrected chi connectivity index (χ1v) is 5.67. The number of hydrogen-bond acceptors (Lipinski definition) is 3. The summed E-state index contributed by atoms with van der Waals surface area (Å²) >= 11 is 5.94. The summed E-state index contributed by atoms with van der Waals surface area (Å²) in [7, 11) is 1.31. The molecule has 4 heteroatoms. The van der Waals surface area contributed by atoms with Crippen LogP contribution in [0.25, 0.3) is 11.1 Å². The van der Waals surface area contributed by atoms with Crippen LogP contribution in [0.3, 0.4) is 0 Å². The van der Waals surface area contributed by atoms with Gasteiger partial charge in [0.1, 0.15) is 5.75 Å². The van der Waals surface area contributed by atoms with Crippen LogP contribution in [0.2, 0.25) is 5.02 Å². The molecule has 3 nitrogen and oxygen atoms in total. The maximum atomic E-state index is 11.5. The zero-order valence-electron chi connectivity index (χ0n) is 9.68. The summed E-state index contributed by atoms with van der Waals surface area (Å²) in [5.74, 6) is -0.276. The fourth-order valence-electron chi connectivity index (χ4n) is 1.63. The van der Waals surface area contributed by atoms with Crippen molar-refractivity contribution in [3.05, 3.63) is 53.1 Å². The van der Waals surface area contributed by atoms with Crippen LogP contribution in [0.5, 0.6) is 5.75 Å². The van der Waals surface area contributed by atoms with E-state index in [1.54, 1.807) is 42.5 Å². The lowest BCUT2D eigenvalue weighted by Crippen LogP contribution is -2.02. The quantitative estimate of drug-likeness (QED) is 0.843.